The van der Waals surface area contributed by atoms with Gasteiger partial charge in [-0.25, -0.2) is 0 Å². The normalized spacial score (nSPS) is 10.5. The van der Waals surface area contributed by atoms with Gasteiger partial charge in [0.25, 0.3) is 17.6 Å². The van der Waals surface area contributed by atoms with E-state index in [-0.39, 0.29) is 50.0 Å². The van der Waals surface area contributed by atoms with Crippen LogP contribution in [0.3, 0.4) is 0 Å². The van der Waals surface area contributed by atoms with Crippen molar-refractivity contribution in [2.24, 2.45) is 16.5 Å². The molecular formula is C26H34N8O8. The average molecular weight is 587 g/mol. The predicted octanol–water partition coefficient (Wildman–Crippen LogP) is 0.0989. The van der Waals surface area contributed by atoms with Gasteiger partial charge in [0.1, 0.15) is 6.04 Å². The Morgan fingerprint density at radius 2 is 1.60 bits per heavy atom. The molecule has 2 aromatic rings. The largest absolute Gasteiger partial charge is 0.481 e. The van der Waals surface area contributed by atoms with E-state index in [1.807, 2.05) is 0 Å². The van der Waals surface area contributed by atoms with E-state index < -0.39 is 34.7 Å². The molecule has 1 unspecified atom stereocenters. The number of nitrogens with two attached hydrogens (primary N) is 2. The Bertz CT molecular complexity index is 1240. The van der Waals surface area contributed by atoms with Crippen molar-refractivity contribution < 1.29 is 34.0 Å². The lowest BCUT2D eigenvalue weighted by molar-refractivity contribution is -0.384. The maximum atomic E-state index is 12.8. The lowest BCUT2D eigenvalue weighted by Crippen LogP contribution is -2.47. The van der Waals surface area contributed by atoms with Crippen LogP contribution in [-0.2, 0) is 19.2 Å². The first-order valence-corrected chi connectivity index (χ1v) is 12.6. The van der Waals surface area contributed by atoms with E-state index >= 15 is 0 Å². The number of non-ortho nitro benzene ring substituents is 1. The van der Waals surface area contributed by atoms with E-state index in [4.69, 9.17) is 21.4 Å². The van der Waals surface area contributed by atoms with Gasteiger partial charge in [0, 0.05) is 49.8 Å². The van der Waals surface area contributed by atoms with E-state index in [1.165, 1.54) is 24.3 Å². The van der Waals surface area contributed by atoms with Crippen molar-refractivity contribution in [1.29, 1.82) is 0 Å². The summed E-state index contributed by atoms with van der Waals surface area (Å²) in [6.07, 6.45) is 0.499. The summed E-state index contributed by atoms with van der Waals surface area (Å²) in [5.74, 6) is -2.90. The molecule has 16 heteroatoms. The van der Waals surface area contributed by atoms with Gasteiger partial charge in [0.05, 0.1) is 11.5 Å². The number of guanidine groups is 1. The Morgan fingerprint density at radius 1 is 0.976 bits per heavy atom. The number of carboxylic acid groups (broad SMARTS) is 1. The number of carbonyl (C=O) groups excluding carboxylic acids is 4. The minimum absolute atomic E-state index is 0.0472. The van der Waals surface area contributed by atoms with Crippen molar-refractivity contribution in [3.8, 4) is 0 Å². The summed E-state index contributed by atoms with van der Waals surface area (Å²) in [7, 11) is 0. The first-order chi connectivity index (χ1) is 19.9. The Morgan fingerprint density at radius 3 is 2.17 bits per heavy atom. The number of nitrogens with one attached hydrogen (secondary N) is 4. The summed E-state index contributed by atoms with van der Waals surface area (Å²) < 4.78 is 0. The number of rotatable bonds is 14. The predicted molar refractivity (Wildman–Crippen MR) is 153 cm³/mol. The molecule has 0 saturated heterocycles. The number of aliphatic carboxylic acids is 1. The third-order valence-electron chi connectivity index (χ3n) is 5.06. The number of carbonyl (C=O) groups is 5. The molecule has 1 atom stereocenters. The van der Waals surface area contributed by atoms with Gasteiger partial charge in [0.15, 0.2) is 5.96 Å². The zero-order valence-electron chi connectivity index (χ0n) is 22.9. The third kappa shape index (κ3) is 15.2. The molecule has 2 aromatic carbocycles. The number of carboxylic acids is 1. The van der Waals surface area contributed by atoms with Gasteiger partial charge in [0.2, 0.25) is 17.7 Å². The molecular weight excluding hydrogens is 552 g/mol. The summed E-state index contributed by atoms with van der Waals surface area (Å²) >= 11 is 0. The highest BCUT2D eigenvalue weighted by Gasteiger charge is 2.21. The summed E-state index contributed by atoms with van der Waals surface area (Å²) in [4.78, 5) is 72.4. The minimum atomic E-state index is -0.992. The second-order valence-corrected chi connectivity index (χ2v) is 8.53. The number of hydrogen-bond donors (Lipinski definition) is 7. The zero-order chi connectivity index (χ0) is 31.5. The summed E-state index contributed by atoms with van der Waals surface area (Å²) in [5.41, 5.74) is 11.2. The summed E-state index contributed by atoms with van der Waals surface area (Å²) in [6, 6.07) is 12.7. The Labute approximate surface area is 241 Å². The van der Waals surface area contributed by atoms with Gasteiger partial charge < -0.3 is 37.8 Å². The SMILES string of the molecule is CC(=O)O.NC(N)=NCCCC(NC(=O)CNC(=O)CCNC(=O)c1ccccc1)C(=O)Nc1ccc([N+](=O)[O-])cc1. The third-order valence-corrected chi connectivity index (χ3v) is 5.06. The van der Waals surface area contributed by atoms with E-state index in [0.717, 1.165) is 6.92 Å². The molecule has 0 aliphatic carbocycles. The molecule has 226 valence electrons. The quantitative estimate of drug-likeness (QED) is 0.0516. The van der Waals surface area contributed by atoms with Crippen LogP contribution >= 0.6 is 0 Å². The van der Waals surface area contributed by atoms with Crippen molar-refractivity contribution in [2.75, 3.05) is 25.0 Å². The Hall–Kier alpha value is -5.54. The zero-order valence-corrected chi connectivity index (χ0v) is 22.9. The standard InChI is InChI=1S/C24H30N8O6.C2H4O2/c25-24(26)28-13-4-7-19(23(36)30-17-8-10-18(11-9-17)32(37)38)31-21(34)15-29-20(33)12-14-27-22(35)16-5-2-1-3-6-16;1-2(3)4/h1-3,5-6,8-11,19H,4,7,12-15H2,(H,27,35)(H,29,33)(H,30,36)(H,31,34)(H4,25,26,28);1H3,(H,3,4). The van der Waals surface area contributed by atoms with E-state index in [0.29, 0.717) is 17.7 Å². The number of benzene rings is 2. The van der Waals surface area contributed by atoms with Gasteiger partial charge in [-0.1, -0.05) is 18.2 Å². The maximum absolute atomic E-state index is 12.8. The number of nitro groups is 1. The van der Waals surface area contributed by atoms with Crippen molar-refractivity contribution in [2.45, 2.75) is 32.2 Å². The van der Waals surface area contributed by atoms with Crippen molar-refractivity contribution in [3.05, 3.63) is 70.3 Å². The molecule has 9 N–H and O–H groups in total. The van der Waals surface area contributed by atoms with Gasteiger partial charge in [-0.15, -0.1) is 0 Å². The first-order valence-electron chi connectivity index (χ1n) is 12.6. The topological polar surface area (TPSA) is 261 Å². The minimum Gasteiger partial charge on any atom is -0.481 e. The average Bonchev–Trinajstić information content (AvgIpc) is 2.93. The van der Waals surface area contributed by atoms with Crippen LogP contribution < -0.4 is 32.7 Å². The molecule has 42 heavy (non-hydrogen) atoms. The molecule has 0 aliphatic rings. The summed E-state index contributed by atoms with van der Waals surface area (Å²) in [6.45, 7) is 0.998. The van der Waals surface area contributed by atoms with Crippen LogP contribution in [0.15, 0.2) is 59.6 Å². The molecule has 0 spiro atoms. The number of nitrogens with zero attached hydrogens (tertiary/aromatic N) is 2. The van der Waals surface area contributed by atoms with Crippen molar-refractivity contribution in [1.82, 2.24) is 16.0 Å². The fourth-order valence-corrected chi connectivity index (χ4v) is 3.16. The highest BCUT2D eigenvalue weighted by Crippen LogP contribution is 2.16. The van der Waals surface area contributed by atoms with Crippen LogP contribution in [0.5, 0.6) is 0 Å². The second kappa shape index (κ2) is 18.7. The van der Waals surface area contributed by atoms with Crippen molar-refractivity contribution >= 4 is 46.9 Å². The molecule has 0 aromatic heterocycles. The van der Waals surface area contributed by atoms with Gasteiger partial charge in [-0.05, 0) is 37.1 Å². The van der Waals surface area contributed by atoms with Crippen LogP contribution in [0, 0.1) is 10.1 Å². The second-order valence-electron chi connectivity index (χ2n) is 8.53. The van der Waals surface area contributed by atoms with Crippen LogP contribution in [0.4, 0.5) is 11.4 Å². The van der Waals surface area contributed by atoms with Gasteiger partial charge >= 0.3 is 0 Å². The van der Waals surface area contributed by atoms with E-state index in [2.05, 4.69) is 26.3 Å². The smallest absolute Gasteiger partial charge is 0.300 e. The Balaban J connectivity index is 0.00000206. The van der Waals surface area contributed by atoms with E-state index in [1.54, 1.807) is 30.3 Å². The fourth-order valence-electron chi connectivity index (χ4n) is 3.16. The van der Waals surface area contributed by atoms with Crippen LogP contribution in [-0.4, -0.2) is 71.3 Å². The van der Waals surface area contributed by atoms with E-state index in [9.17, 15) is 29.3 Å². The van der Waals surface area contributed by atoms with Crippen molar-refractivity contribution in [3.63, 3.8) is 0 Å². The van der Waals surface area contributed by atoms with Crippen LogP contribution in [0.25, 0.3) is 0 Å². The molecule has 0 saturated carbocycles. The molecule has 16 nitrogen and oxygen atoms in total. The van der Waals surface area contributed by atoms with Crippen LogP contribution in [0.1, 0.15) is 36.5 Å². The van der Waals surface area contributed by atoms with Gasteiger partial charge in [-0.2, -0.15) is 0 Å². The monoisotopic (exact) mass is 586 g/mol. The molecule has 4 amide bonds. The molecule has 0 aliphatic heterocycles. The highest BCUT2D eigenvalue weighted by atomic mass is 16.6. The highest BCUT2D eigenvalue weighted by molar-refractivity contribution is 5.98. The Kier molecular flexibility index (Phi) is 15.4. The number of anilines is 1. The molecule has 0 radical (unpaired) electrons. The lowest BCUT2D eigenvalue weighted by Gasteiger charge is -2.18. The van der Waals surface area contributed by atoms with Gasteiger partial charge in [-0.3, -0.25) is 39.1 Å². The van der Waals surface area contributed by atoms with Crippen LogP contribution in [0.2, 0.25) is 0 Å². The summed E-state index contributed by atoms with van der Waals surface area (Å²) in [5, 5.41) is 28.4. The molecule has 0 bridgehead atoms. The molecule has 0 heterocycles. The fraction of sp³-hybridized carbons (Fsp3) is 0.308. The number of hydrogen-bond acceptors (Lipinski definition) is 8. The maximum Gasteiger partial charge on any atom is 0.300 e. The number of amides is 4. The lowest BCUT2D eigenvalue weighted by atomic mass is 10.1. The molecule has 2 rings (SSSR count). The molecule has 0 fully saturated rings. The number of nitro benzene ring substituents is 1. The first kappa shape index (κ1) is 34.5. The number of aliphatic imine (C=N–C) groups is 1.